The Labute approximate surface area is 139 Å². The molecule has 2 aromatic carbocycles. The summed E-state index contributed by atoms with van der Waals surface area (Å²) < 4.78 is 0. The van der Waals surface area contributed by atoms with Crippen molar-refractivity contribution in [3.8, 4) is 11.3 Å². The van der Waals surface area contributed by atoms with Crippen molar-refractivity contribution in [3.63, 3.8) is 0 Å². The van der Waals surface area contributed by atoms with Gasteiger partial charge in [0.1, 0.15) is 5.69 Å². The van der Waals surface area contributed by atoms with E-state index in [1.54, 1.807) is 24.1 Å². The third kappa shape index (κ3) is 3.27. The van der Waals surface area contributed by atoms with E-state index in [1.807, 2.05) is 49.4 Å². The fraction of sp³-hybridized carbons (Fsp3) is 0.111. The molecule has 0 fully saturated rings. The Balaban J connectivity index is 1.84. The number of benzene rings is 2. The number of aryl methyl sites for hydroxylation is 1. The van der Waals surface area contributed by atoms with E-state index in [9.17, 15) is 4.79 Å². The lowest BCUT2D eigenvalue weighted by Crippen LogP contribution is -2.26. The lowest BCUT2D eigenvalue weighted by atomic mass is 10.1. The van der Waals surface area contributed by atoms with Crippen molar-refractivity contribution in [2.75, 3.05) is 11.9 Å². The second-order valence-electron chi connectivity index (χ2n) is 5.38. The second kappa shape index (κ2) is 6.26. The van der Waals surface area contributed by atoms with Crippen molar-refractivity contribution in [3.05, 3.63) is 70.9 Å². The summed E-state index contributed by atoms with van der Waals surface area (Å²) >= 11 is 5.99. The van der Waals surface area contributed by atoms with Crippen LogP contribution in [0.3, 0.4) is 0 Å². The van der Waals surface area contributed by atoms with Gasteiger partial charge in [-0.1, -0.05) is 41.4 Å². The summed E-state index contributed by atoms with van der Waals surface area (Å²) in [6.07, 6.45) is 0. The van der Waals surface area contributed by atoms with Gasteiger partial charge in [0.2, 0.25) is 0 Å². The maximum atomic E-state index is 12.6. The van der Waals surface area contributed by atoms with Crippen LogP contribution in [0.25, 0.3) is 11.3 Å². The molecule has 3 rings (SSSR count). The largest absolute Gasteiger partial charge is 0.310 e. The van der Waals surface area contributed by atoms with Crippen molar-refractivity contribution in [1.29, 1.82) is 0 Å². The molecule has 1 amide bonds. The average molecular weight is 326 g/mol. The molecule has 4 nitrogen and oxygen atoms in total. The van der Waals surface area contributed by atoms with E-state index in [0.29, 0.717) is 16.4 Å². The number of amides is 1. The predicted molar refractivity (Wildman–Crippen MR) is 92.9 cm³/mol. The van der Waals surface area contributed by atoms with Crippen molar-refractivity contribution in [2.45, 2.75) is 6.92 Å². The van der Waals surface area contributed by atoms with Crippen LogP contribution in [0.2, 0.25) is 5.02 Å². The third-order valence-electron chi connectivity index (χ3n) is 3.65. The highest BCUT2D eigenvalue weighted by Gasteiger charge is 2.16. The smallest absolute Gasteiger partial charge is 0.276 e. The summed E-state index contributed by atoms with van der Waals surface area (Å²) in [5.74, 6) is -0.144. The van der Waals surface area contributed by atoms with Crippen LogP contribution in [0.5, 0.6) is 0 Å². The highest BCUT2D eigenvalue weighted by atomic mass is 35.5. The average Bonchev–Trinajstić information content (AvgIpc) is 3.04. The van der Waals surface area contributed by atoms with Crippen molar-refractivity contribution >= 4 is 23.2 Å². The molecule has 1 N–H and O–H groups in total. The molecule has 5 heteroatoms. The topological polar surface area (TPSA) is 49.0 Å². The van der Waals surface area contributed by atoms with Gasteiger partial charge in [-0.25, -0.2) is 0 Å². The first-order valence-corrected chi connectivity index (χ1v) is 7.58. The van der Waals surface area contributed by atoms with E-state index in [-0.39, 0.29) is 5.91 Å². The third-order valence-corrected chi connectivity index (χ3v) is 3.89. The Morgan fingerprint density at radius 2 is 1.87 bits per heavy atom. The number of carbonyl (C=O) groups is 1. The van der Waals surface area contributed by atoms with E-state index in [4.69, 9.17) is 11.6 Å². The van der Waals surface area contributed by atoms with Gasteiger partial charge in [0.25, 0.3) is 5.91 Å². The Kier molecular flexibility index (Phi) is 4.17. The standard InChI is InChI=1S/C18H16ClN3O/c1-12-6-8-15(9-7-12)22(2)18(23)17-11-16(20-21-17)13-4-3-5-14(19)10-13/h3-11H,1-2H3,(H,20,21). The minimum atomic E-state index is -0.144. The van der Waals surface area contributed by atoms with Gasteiger partial charge in [-0.3, -0.25) is 9.89 Å². The van der Waals surface area contributed by atoms with Crippen LogP contribution in [0.15, 0.2) is 54.6 Å². The Hall–Kier alpha value is -2.59. The molecular weight excluding hydrogens is 310 g/mol. The van der Waals surface area contributed by atoms with Crippen LogP contribution >= 0.6 is 11.6 Å². The van der Waals surface area contributed by atoms with E-state index in [0.717, 1.165) is 16.8 Å². The molecule has 0 bridgehead atoms. The molecule has 3 aromatic rings. The first-order chi connectivity index (χ1) is 11.0. The molecule has 1 aromatic heterocycles. The van der Waals surface area contributed by atoms with E-state index in [2.05, 4.69) is 10.2 Å². The lowest BCUT2D eigenvalue weighted by molar-refractivity contribution is 0.0988. The molecule has 0 atom stereocenters. The number of aromatic amines is 1. The first-order valence-electron chi connectivity index (χ1n) is 7.20. The van der Waals surface area contributed by atoms with Crippen molar-refractivity contribution in [1.82, 2.24) is 10.2 Å². The number of anilines is 1. The molecule has 23 heavy (non-hydrogen) atoms. The number of carbonyl (C=O) groups excluding carboxylic acids is 1. The number of H-pyrrole nitrogens is 1. The highest BCUT2D eigenvalue weighted by Crippen LogP contribution is 2.22. The van der Waals surface area contributed by atoms with Crippen LogP contribution in [0, 0.1) is 6.92 Å². The normalized spacial score (nSPS) is 10.6. The summed E-state index contributed by atoms with van der Waals surface area (Å²) in [5.41, 5.74) is 3.97. The molecule has 0 radical (unpaired) electrons. The zero-order valence-corrected chi connectivity index (χ0v) is 13.6. The first kappa shape index (κ1) is 15.3. The number of nitrogens with zero attached hydrogens (tertiary/aromatic N) is 2. The van der Waals surface area contributed by atoms with Gasteiger partial charge >= 0.3 is 0 Å². The fourth-order valence-corrected chi connectivity index (χ4v) is 2.48. The number of halogens is 1. The summed E-state index contributed by atoms with van der Waals surface area (Å²) in [7, 11) is 1.74. The van der Waals surface area contributed by atoms with Gasteiger partial charge < -0.3 is 4.90 Å². The quantitative estimate of drug-likeness (QED) is 0.779. The molecule has 1 heterocycles. The van der Waals surface area contributed by atoms with E-state index >= 15 is 0 Å². The maximum absolute atomic E-state index is 12.6. The molecule has 0 aliphatic rings. The number of hydrogen-bond donors (Lipinski definition) is 1. The minimum absolute atomic E-state index is 0.144. The summed E-state index contributed by atoms with van der Waals surface area (Å²) in [6.45, 7) is 2.01. The van der Waals surface area contributed by atoms with Crippen LogP contribution in [-0.2, 0) is 0 Å². The molecule has 0 spiro atoms. The van der Waals surface area contributed by atoms with Crippen LogP contribution < -0.4 is 4.90 Å². The molecule has 0 saturated carbocycles. The van der Waals surface area contributed by atoms with Crippen LogP contribution in [0.4, 0.5) is 5.69 Å². The lowest BCUT2D eigenvalue weighted by Gasteiger charge is -2.16. The molecular formula is C18H16ClN3O. The monoisotopic (exact) mass is 325 g/mol. The fourth-order valence-electron chi connectivity index (χ4n) is 2.29. The SMILES string of the molecule is Cc1ccc(N(C)C(=O)c2cc(-c3cccc(Cl)c3)n[nH]2)cc1. The zero-order chi connectivity index (χ0) is 16.4. The van der Waals surface area contributed by atoms with Crippen LogP contribution in [-0.4, -0.2) is 23.2 Å². The summed E-state index contributed by atoms with van der Waals surface area (Å²) in [4.78, 5) is 14.2. The Morgan fingerprint density at radius 1 is 1.13 bits per heavy atom. The summed E-state index contributed by atoms with van der Waals surface area (Å²) in [6, 6.07) is 16.9. The predicted octanol–water partition coefficient (Wildman–Crippen LogP) is 4.32. The van der Waals surface area contributed by atoms with Gasteiger partial charge in [-0.05, 0) is 37.3 Å². The summed E-state index contributed by atoms with van der Waals surface area (Å²) in [5, 5.41) is 7.64. The number of rotatable bonds is 3. The van der Waals surface area contributed by atoms with Gasteiger partial charge in [0.05, 0.1) is 5.69 Å². The van der Waals surface area contributed by atoms with Gasteiger partial charge in [-0.15, -0.1) is 0 Å². The van der Waals surface area contributed by atoms with Gasteiger partial charge in [0.15, 0.2) is 0 Å². The molecule has 116 valence electrons. The van der Waals surface area contributed by atoms with Crippen molar-refractivity contribution in [2.24, 2.45) is 0 Å². The maximum Gasteiger partial charge on any atom is 0.276 e. The minimum Gasteiger partial charge on any atom is -0.310 e. The molecule has 0 aliphatic carbocycles. The molecule has 0 unspecified atom stereocenters. The molecule has 0 aliphatic heterocycles. The number of nitrogens with one attached hydrogen (secondary N) is 1. The number of aromatic nitrogens is 2. The number of hydrogen-bond acceptors (Lipinski definition) is 2. The highest BCUT2D eigenvalue weighted by molar-refractivity contribution is 6.30. The zero-order valence-electron chi connectivity index (χ0n) is 12.9. The van der Waals surface area contributed by atoms with Crippen LogP contribution in [0.1, 0.15) is 16.1 Å². The van der Waals surface area contributed by atoms with Gasteiger partial charge in [-0.2, -0.15) is 5.10 Å². The second-order valence-corrected chi connectivity index (χ2v) is 5.81. The van der Waals surface area contributed by atoms with Crippen molar-refractivity contribution < 1.29 is 4.79 Å². The van der Waals surface area contributed by atoms with E-state index < -0.39 is 0 Å². The molecule has 0 saturated heterocycles. The van der Waals surface area contributed by atoms with Gasteiger partial charge in [0, 0.05) is 23.3 Å². The Bertz CT molecular complexity index is 839. The Morgan fingerprint density at radius 3 is 2.57 bits per heavy atom. The van der Waals surface area contributed by atoms with E-state index in [1.165, 1.54) is 0 Å².